The van der Waals surface area contributed by atoms with Gasteiger partial charge in [0.15, 0.2) is 0 Å². The van der Waals surface area contributed by atoms with Crippen molar-refractivity contribution < 1.29 is 0 Å². The molecule has 1 heterocycles. The van der Waals surface area contributed by atoms with E-state index in [1.54, 1.807) is 6.20 Å². The van der Waals surface area contributed by atoms with Gasteiger partial charge in [0.05, 0.1) is 0 Å². The molecule has 1 fully saturated rings. The number of nitrogens with one attached hydrogen (secondary N) is 2. The summed E-state index contributed by atoms with van der Waals surface area (Å²) >= 11 is 0. The fourth-order valence-corrected chi connectivity index (χ4v) is 2.63. The van der Waals surface area contributed by atoms with E-state index in [0.29, 0.717) is 12.6 Å². The Bertz CT molecular complexity index is 491. The second-order valence-electron chi connectivity index (χ2n) is 5.23. The zero-order valence-corrected chi connectivity index (χ0v) is 10.8. The molecular weight excluding hydrogens is 230 g/mol. The molecule has 0 bridgehead atoms. The standard InChI is InChI=1S/C13H21N3O2/c1-10-3-2-4-11(9-10)14-6-8-16-7-5-12(17)15-13(16)18/h5,7,10-11,14H,2-4,6,8-9H2,1H3,(H,15,17,18). The lowest BCUT2D eigenvalue weighted by Crippen LogP contribution is -2.37. The minimum atomic E-state index is -0.342. The third-order valence-corrected chi connectivity index (χ3v) is 3.62. The van der Waals surface area contributed by atoms with Crippen LogP contribution in [0.15, 0.2) is 21.9 Å². The number of H-pyrrole nitrogens is 1. The monoisotopic (exact) mass is 251 g/mol. The molecule has 100 valence electrons. The van der Waals surface area contributed by atoms with Crippen molar-refractivity contribution in [2.24, 2.45) is 5.92 Å². The fraction of sp³-hybridized carbons (Fsp3) is 0.692. The summed E-state index contributed by atoms with van der Waals surface area (Å²) in [6.45, 7) is 3.66. The smallest absolute Gasteiger partial charge is 0.312 e. The number of aromatic amines is 1. The van der Waals surface area contributed by atoms with Crippen LogP contribution in [-0.4, -0.2) is 22.1 Å². The van der Waals surface area contributed by atoms with Crippen molar-refractivity contribution in [1.82, 2.24) is 14.9 Å². The van der Waals surface area contributed by atoms with Crippen LogP contribution in [0.3, 0.4) is 0 Å². The lowest BCUT2D eigenvalue weighted by atomic mass is 9.87. The van der Waals surface area contributed by atoms with Crippen LogP contribution < -0.4 is 16.6 Å². The van der Waals surface area contributed by atoms with Crippen LogP contribution in [0.1, 0.15) is 32.6 Å². The SMILES string of the molecule is CC1CCCC(NCCn2ccc(=O)[nH]c2=O)C1. The van der Waals surface area contributed by atoms with Gasteiger partial charge in [0.1, 0.15) is 0 Å². The molecule has 0 radical (unpaired) electrons. The summed E-state index contributed by atoms with van der Waals surface area (Å²) in [5.41, 5.74) is -0.674. The molecule has 2 unspecified atom stereocenters. The van der Waals surface area contributed by atoms with Crippen molar-refractivity contribution in [3.05, 3.63) is 33.1 Å². The van der Waals surface area contributed by atoms with Gasteiger partial charge in [-0.05, 0) is 18.8 Å². The van der Waals surface area contributed by atoms with E-state index >= 15 is 0 Å². The second-order valence-corrected chi connectivity index (χ2v) is 5.23. The molecule has 1 aromatic rings. The highest BCUT2D eigenvalue weighted by Crippen LogP contribution is 2.23. The Morgan fingerprint density at radius 3 is 3.00 bits per heavy atom. The highest BCUT2D eigenvalue weighted by molar-refractivity contribution is 4.83. The van der Waals surface area contributed by atoms with Gasteiger partial charge in [0.2, 0.25) is 0 Å². The molecule has 2 atom stereocenters. The number of rotatable bonds is 4. The van der Waals surface area contributed by atoms with E-state index in [1.165, 1.54) is 36.3 Å². The van der Waals surface area contributed by atoms with Crippen LogP contribution in [0.25, 0.3) is 0 Å². The van der Waals surface area contributed by atoms with Crippen molar-refractivity contribution >= 4 is 0 Å². The Balaban J connectivity index is 1.81. The highest BCUT2D eigenvalue weighted by Gasteiger charge is 2.17. The molecule has 1 aliphatic rings. The largest absolute Gasteiger partial charge is 0.328 e. The molecule has 1 aliphatic carbocycles. The summed E-state index contributed by atoms with van der Waals surface area (Å²) in [6.07, 6.45) is 6.62. The minimum absolute atomic E-state index is 0.332. The lowest BCUT2D eigenvalue weighted by Gasteiger charge is -2.27. The van der Waals surface area contributed by atoms with Crippen LogP contribution in [0.5, 0.6) is 0 Å². The normalized spacial score (nSPS) is 24.1. The second kappa shape index (κ2) is 6.00. The van der Waals surface area contributed by atoms with Gasteiger partial charge in [-0.25, -0.2) is 4.79 Å². The summed E-state index contributed by atoms with van der Waals surface area (Å²) in [5, 5.41) is 3.49. The summed E-state index contributed by atoms with van der Waals surface area (Å²) in [7, 11) is 0. The van der Waals surface area contributed by atoms with Crippen molar-refractivity contribution in [2.75, 3.05) is 6.54 Å². The number of hydrogen-bond donors (Lipinski definition) is 2. The van der Waals surface area contributed by atoms with E-state index in [-0.39, 0.29) is 11.2 Å². The molecule has 5 nitrogen and oxygen atoms in total. The summed E-state index contributed by atoms with van der Waals surface area (Å²) in [5.74, 6) is 0.798. The van der Waals surface area contributed by atoms with E-state index in [9.17, 15) is 9.59 Å². The third kappa shape index (κ3) is 3.57. The molecule has 0 amide bonds. The van der Waals surface area contributed by atoms with Crippen molar-refractivity contribution in [1.29, 1.82) is 0 Å². The number of hydrogen-bond acceptors (Lipinski definition) is 3. The quantitative estimate of drug-likeness (QED) is 0.828. The van der Waals surface area contributed by atoms with Gasteiger partial charge in [-0.3, -0.25) is 14.3 Å². The maximum atomic E-state index is 11.5. The number of nitrogens with zero attached hydrogens (tertiary/aromatic N) is 1. The topological polar surface area (TPSA) is 66.9 Å². The summed E-state index contributed by atoms with van der Waals surface area (Å²) in [4.78, 5) is 24.6. The fourth-order valence-electron chi connectivity index (χ4n) is 2.63. The zero-order valence-electron chi connectivity index (χ0n) is 10.8. The Hall–Kier alpha value is -1.36. The summed E-state index contributed by atoms with van der Waals surface area (Å²) in [6, 6.07) is 1.96. The molecule has 1 saturated carbocycles. The predicted molar refractivity (Wildman–Crippen MR) is 70.7 cm³/mol. The molecule has 2 N–H and O–H groups in total. The molecule has 2 rings (SSSR count). The molecule has 0 spiro atoms. The van der Waals surface area contributed by atoms with E-state index in [4.69, 9.17) is 0 Å². The molecule has 18 heavy (non-hydrogen) atoms. The van der Waals surface area contributed by atoms with Crippen LogP contribution in [0.2, 0.25) is 0 Å². The maximum absolute atomic E-state index is 11.5. The molecule has 1 aromatic heterocycles. The van der Waals surface area contributed by atoms with Gasteiger partial charge in [0, 0.05) is 31.4 Å². The maximum Gasteiger partial charge on any atom is 0.328 e. The lowest BCUT2D eigenvalue weighted by molar-refractivity contribution is 0.299. The first-order chi connectivity index (χ1) is 8.65. The first-order valence-corrected chi connectivity index (χ1v) is 6.68. The van der Waals surface area contributed by atoms with Gasteiger partial charge >= 0.3 is 5.69 Å². The van der Waals surface area contributed by atoms with E-state index in [0.717, 1.165) is 12.5 Å². The van der Waals surface area contributed by atoms with Crippen LogP contribution >= 0.6 is 0 Å². The molecular formula is C13H21N3O2. The Labute approximate surface area is 106 Å². The van der Waals surface area contributed by atoms with Gasteiger partial charge < -0.3 is 5.32 Å². The average Bonchev–Trinajstić information content (AvgIpc) is 2.32. The molecule has 0 aliphatic heterocycles. The predicted octanol–water partition coefficient (Wildman–Crippen LogP) is 0.705. The van der Waals surface area contributed by atoms with Crippen LogP contribution in [0, 0.1) is 5.92 Å². The van der Waals surface area contributed by atoms with E-state index in [1.807, 2.05) is 0 Å². The Morgan fingerprint density at radius 1 is 1.44 bits per heavy atom. The van der Waals surface area contributed by atoms with E-state index < -0.39 is 0 Å². The van der Waals surface area contributed by atoms with Crippen molar-refractivity contribution in [3.8, 4) is 0 Å². The Kier molecular flexibility index (Phi) is 4.36. The molecule has 5 heteroatoms. The van der Waals surface area contributed by atoms with Gasteiger partial charge in [-0.1, -0.05) is 19.8 Å². The minimum Gasteiger partial charge on any atom is -0.312 e. The molecule has 0 aromatic carbocycles. The highest BCUT2D eigenvalue weighted by atomic mass is 16.2. The number of aromatic nitrogens is 2. The van der Waals surface area contributed by atoms with Crippen molar-refractivity contribution in [3.63, 3.8) is 0 Å². The van der Waals surface area contributed by atoms with Crippen LogP contribution in [-0.2, 0) is 6.54 Å². The van der Waals surface area contributed by atoms with E-state index in [2.05, 4.69) is 17.2 Å². The van der Waals surface area contributed by atoms with Gasteiger partial charge in [-0.2, -0.15) is 0 Å². The third-order valence-electron chi connectivity index (χ3n) is 3.62. The first-order valence-electron chi connectivity index (χ1n) is 6.68. The van der Waals surface area contributed by atoms with Gasteiger partial charge in [0.25, 0.3) is 5.56 Å². The van der Waals surface area contributed by atoms with Crippen molar-refractivity contribution in [2.45, 2.75) is 45.2 Å². The first kappa shape index (κ1) is 13.1. The molecule has 0 saturated heterocycles. The average molecular weight is 251 g/mol. The zero-order chi connectivity index (χ0) is 13.0. The van der Waals surface area contributed by atoms with Gasteiger partial charge in [-0.15, -0.1) is 0 Å². The summed E-state index contributed by atoms with van der Waals surface area (Å²) < 4.78 is 1.53. The van der Waals surface area contributed by atoms with Crippen LogP contribution in [0.4, 0.5) is 0 Å². The Morgan fingerprint density at radius 2 is 2.28 bits per heavy atom.